The maximum atomic E-state index is 12.9. The Bertz CT molecular complexity index is 1470. The van der Waals surface area contributed by atoms with Crippen LogP contribution in [0.25, 0.3) is 0 Å². The highest BCUT2D eigenvalue weighted by Crippen LogP contribution is 2.13. The van der Waals surface area contributed by atoms with Gasteiger partial charge in [0.2, 0.25) is 0 Å². The van der Waals surface area contributed by atoms with Gasteiger partial charge in [0.05, 0.1) is 6.61 Å². The molecule has 1 unspecified atom stereocenters. The maximum Gasteiger partial charge on any atom is 0.306 e. The van der Waals surface area contributed by atoms with E-state index in [2.05, 4.69) is 148 Å². The molecule has 396 valence electrons. The number of allylic oxidation sites excluding steroid dienone is 22. The molecular formula is C65H106O5. The topological polar surface area (TPSA) is 61.8 Å². The van der Waals surface area contributed by atoms with Crippen LogP contribution in [0.1, 0.15) is 239 Å². The SMILES string of the molecule is CC/C=C\C/C=C\C/C=C\C/C=C\C/C=C\C/C=C\CCC(=O)OCC(COCCCCCCCCCCCC/C=C\C/C=C\CCCCC)OC(=O)CCCCCCC/C=C\C/C=C\C/C=C\CC. The molecule has 0 heterocycles. The van der Waals surface area contributed by atoms with E-state index in [-0.39, 0.29) is 25.2 Å². The second-order valence-electron chi connectivity index (χ2n) is 18.4. The van der Waals surface area contributed by atoms with Crippen LogP contribution in [0.4, 0.5) is 0 Å². The summed E-state index contributed by atoms with van der Waals surface area (Å²) in [6, 6.07) is 0. The summed E-state index contributed by atoms with van der Waals surface area (Å²) in [6.07, 6.45) is 84.8. The van der Waals surface area contributed by atoms with E-state index in [1.807, 2.05) is 6.08 Å². The highest BCUT2D eigenvalue weighted by molar-refractivity contribution is 5.70. The fourth-order valence-corrected chi connectivity index (χ4v) is 7.46. The zero-order valence-electron chi connectivity index (χ0n) is 45.5. The van der Waals surface area contributed by atoms with Gasteiger partial charge in [-0.15, -0.1) is 0 Å². The van der Waals surface area contributed by atoms with Crippen LogP contribution in [-0.2, 0) is 23.8 Å². The van der Waals surface area contributed by atoms with Gasteiger partial charge in [-0.1, -0.05) is 238 Å². The molecule has 0 aromatic heterocycles. The highest BCUT2D eigenvalue weighted by atomic mass is 16.6. The molecule has 0 bridgehead atoms. The Morgan fingerprint density at radius 2 is 0.671 bits per heavy atom. The first kappa shape index (κ1) is 66.0. The molecule has 0 aliphatic rings. The number of esters is 2. The summed E-state index contributed by atoms with van der Waals surface area (Å²) in [4.78, 5) is 25.5. The molecule has 0 fully saturated rings. The molecule has 0 aromatic carbocycles. The molecule has 0 radical (unpaired) electrons. The molecule has 0 aromatic rings. The van der Waals surface area contributed by atoms with E-state index in [1.54, 1.807) is 0 Å². The van der Waals surface area contributed by atoms with Gasteiger partial charge >= 0.3 is 11.9 Å². The molecular weight excluding hydrogens is 861 g/mol. The van der Waals surface area contributed by atoms with E-state index in [1.165, 1.54) is 89.9 Å². The summed E-state index contributed by atoms with van der Waals surface area (Å²) in [7, 11) is 0. The molecule has 0 rings (SSSR count). The summed E-state index contributed by atoms with van der Waals surface area (Å²) in [6.45, 7) is 7.47. The van der Waals surface area contributed by atoms with Gasteiger partial charge in [-0.2, -0.15) is 0 Å². The van der Waals surface area contributed by atoms with Crippen molar-refractivity contribution in [2.24, 2.45) is 0 Å². The van der Waals surface area contributed by atoms with Crippen LogP contribution in [0.5, 0.6) is 0 Å². The Morgan fingerprint density at radius 1 is 0.329 bits per heavy atom. The first-order chi connectivity index (χ1) is 34.6. The number of hydrogen-bond acceptors (Lipinski definition) is 5. The molecule has 0 saturated carbocycles. The smallest absolute Gasteiger partial charge is 0.306 e. The average Bonchev–Trinajstić information content (AvgIpc) is 3.36. The van der Waals surface area contributed by atoms with E-state index in [9.17, 15) is 9.59 Å². The lowest BCUT2D eigenvalue weighted by atomic mass is 10.1. The van der Waals surface area contributed by atoms with Crippen molar-refractivity contribution in [3.8, 4) is 0 Å². The first-order valence-electron chi connectivity index (χ1n) is 28.7. The first-order valence-corrected chi connectivity index (χ1v) is 28.7. The van der Waals surface area contributed by atoms with Crippen LogP contribution < -0.4 is 0 Å². The third kappa shape index (κ3) is 56.6. The van der Waals surface area contributed by atoms with E-state index in [0.29, 0.717) is 25.9 Å². The van der Waals surface area contributed by atoms with Crippen LogP contribution in [0, 0.1) is 0 Å². The van der Waals surface area contributed by atoms with Crippen molar-refractivity contribution in [2.45, 2.75) is 245 Å². The van der Waals surface area contributed by atoms with E-state index in [4.69, 9.17) is 14.2 Å². The Labute approximate surface area is 432 Å². The second-order valence-corrected chi connectivity index (χ2v) is 18.4. The Hall–Kier alpha value is -3.96. The van der Waals surface area contributed by atoms with Crippen molar-refractivity contribution in [2.75, 3.05) is 19.8 Å². The fourth-order valence-electron chi connectivity index (χ4n) is 7.46. The molecule has 0 spiro atoms. The number of unbranched alkanes of at least 4 members (excludes halogenated alkanes) is 18. The number of ether oxygens (including phenoxy) is 3. The zero-order valence-corrected chi connectivity index (χ0v) is 45.5. The minimum atomic E-state index is -0.588. The van der Waals surface area contributed by atoms with Crippen LogP contribution in [0.15, 0.2) is 134 Å². The normalized spacial score (nSPS) is 13.2. The van der Waals surface area contributed by atoms with Gasteiger partial charge in [0.1, 0.15) is 6.61 Å². The standard InChI is InChI=1S/C65H106O5/c1-4-7-10-13-16-19-22-25-28-30-32-34-36-39-42-45-48-51-54-57-60-68-61-63(70-65(67)59-56-53-50-47-44-41-37-27-24-21-18-15-12-9-6-3)62-69-64(66)58-55-52-49-46-43-40-38-35-33-31-29-26-23-20-17-14-11-8-5-2/h8-9,11-12,16-21,25-29,33,35,37,40,43,49,52,63H,4-7,10,13-15,22-24,30-32,34,36,38-39,41-42,44-48,50-51,53-62H2,1-3H3/b11-8-,12-9-,19-16-,20-17-,21-18-,28-25-,29-26-,35-33-,37-27-,43-40-,52-49-. The van der Waals surface area contributed by atoms with Gasteiger partial charge in [-0.25, -0.2) is 0 Å². The van der Waals surface area contributed by atoms with Gasteiger partial charge in [0.25, 0.3) is 0 Å². The van der Waals surface area contributed by atoms with Crippen LogP contribution in [0.2, 0.25) is 0 Å². The molecule has 0 N–H and O–H groups in total. The third-order valence-corrected chi connectivity index (χ3v) is 11.7. The summed E-state index contributed by atoms with van der Waals surface area (Å²) in [5.41, 5.74) is 0. The molecule has 70 heavy (non-hydrogen) atoms. The van der Waals surface area contributed by atoms with Crippen molar-refractivity contribution >= 4 is 11.9 Å². The predicted molar refractivity (Wildman–Crippen MR) is 306 cm³/mol. The second kappa shape index (κ2) is 59.3. The molecule has 0 aliphatic heterocycles. The molecule has 5 heteroatoms. The number of carbonyl (C=O) groups is 2. The summed E-state index contributed by atoms with van der Waals surface area (Å²) in [5.74, 6) is -0.520. The molecule has 0 aliphatic carbocycles. The van der Waals surface area contributed by atoms with Crippen LogP contribution in [0.3, 0.4) is 0 Å². The maximum absolute atomic E-state index is 12.9. The summed E-state index contributed by atoms with van der Waals surface area (Å²) in [5, 5.41) is 0. The van der Waals surface area contributed by atoms with Crippen molar-refractivity contribution in [3.63, 3.8) is 0 Å². The molecule has 1 atom stereocenters. The number of hydrogen-bond donors (Lipinski definition) is 0. The van der Waals surface area contributed by atoms with Crippen molar-refractivity contribution in [1.82, 2.24) is 0 Å². The lowest BCUT2D eigenvalue weighted by Gasteiger charge is -2.18. The van der Waals surface area contributed by atoms with E-state index in [0.717, 1.165) is 109 Å². The quantitative estimate of drug-likeness (QED) is 0.0345. The van der Waals surface area contributed by atoms with Crippen LogP contribution in [-0.4, -0.2) is 37.9 Å². The van der Waals surface area contributed by atoms with Crippen molar-refractivity contribution < 1.29 is 23.8 Å². The molecule has 0 amide bonds. The van der Waals surface area contributed by atoms with E-state index >= 15 is 0 Å². The van der Waals surface area contributed by atoms with Crippen LogP contribution >= 0.6 is 0 Å². The Kier molecular flexibility index (Phi) is 56.0. The molecule has 5 nitrogen and oxygen atoms in total. The Balaban J connectivity index is 4.42. The summed E-state index contributed by atoms with van der Waals surface area (Å²) < 4.78 is 17.4. The Morgan fingerprint density at radius 3 is 1.09 bits per heavy atom. The van der Waals surface area contributed by atoms with Gasteiger partial charge < -0.3 is 14.2 Å². The van der Waals surface area contributed by atoms with Gasteiger partial charge in [-0.05, 0) is 122 Å². The number of carbonyl (C=O) groups excluding carboxylic acids is 2. The third-order valence-electron chi connectivity index (χ3n) is 11.7. The largest absolute Gasteiger partial charge is 0.462 e. The minimum absolute atomic E-state index is 0.0289. The lowest BCUT2D eigenvalue weighted by Crippen LogP contribution is -2.30. The average molecular weight is 968 g/mol. The lowest BCUT2D eigenvalue weighted by molar-refractivity contribution is -0.162. The van der Waals surface area contributed by atoms with Gasteiger partial charge in [-0.3, -0.25) is 9.59 Å². The minimum Gasteiger partial charge on any atom is -0.462 e. The fraction of sp³-hybridized carbons (Fsp3) is 0.631. The summed E-state index contributed by atoms with van der Waals surface area (Å²) >= 11 is 0. The van der Waals surface area contributed by atoms with Gasteiger partial charge in [0, 0.05) is 19.4 Å². The monoisotopic (exact) mass is 967 g/mol. The zero-order chi connectivity index (χ0) is 50.6. The van der Waals surface area contributed by atoms with Crippen molar-refractivity contribution in [3.05, 3.63) is 134 Å². The van der Waals surface area contributed by atoms with E-state index < -0.39 is 6.10 Å². The van der Waals surface area contributed by atoms with Crippen molar-refractivity contribution in [1.29, 1.82) is 0 Å². The number of rotatable bonds is 51. The van der Waals surface area contributed by atoms with Gasteiger partial charge in [0.15, 0.2) is 6.10 Å². The predicted octanol–water partition coefficient (Wildman–Crippen LogP) is 19.9. The highest BCUT2D eigenvalue weighted by Gasteiger charge is 2.17. The molecule has 0 saturated heterocycles.